The van der Waals surface area contributed by atoms with E-state index in [-0.39, 0.29) is 0 Å². The molecule has 2 rings (SSSR count). The maximum atomic E-state index is 13.6. The first-order chi connectivity index (χ1) is 8.24. The quantitative estimate of drug-likeness (QED) is 0.712. The van der Waals surface area contributed by atoms with Gasteiger partial charge in [0.15, 0.2) is 5.50 Å². The van der Waals surface area contributed by atoms with Crippen molar-refractivity contribution in [3.05, 3.63) is 46.5 Å². The number of thioether (sulfide) groups is 1. The first kappa shape index (κ1) is 11.4. The van der Waals surface area contributed by atoms with Crippen LogP contribution in [0.25, 0.3) is 0 Å². The SMILES string of the molecule is N#C/C=C1/N=C(c2ccc(C#N)cc2)C(F)S1. The number of aliphatic imine (C=N–C) groups is 1. The van der Waals surface area contributed by atoms with E-state index in [1.54, 1.807) is 24.3 Å². The zero-order valence-corrected chi connectivity index (χ0v) is 9.41. The molecule has 0 amide bonds. The third-order valence-electron chi connectivity index (χ3n) is 2.17. The second kappa shape index (κ2) is 4.82. The molecule has 1 aromatic rings. The molecule has 0 aliphatic carbocycles. The molecule has 17 heavy (non-hydrogen) atoms. The lowest BCUT2D eigenvalue weighted by Crippen LogP contribution is -2.08. The van der Waals surface area contributed by atoms with E-state index in [1.165, 1.54) is 6.08 Å². The van der Waals surface area contributed by atoms with E-state index in [2.05, 4.69) is 4.99 Å². The van der Waals surface area contributed by atoms with Gasteiger partial charge in [0, 0.05) is 11.6 Å². The molecule has 0 N–H and O–H groups in total. The first-order valence-corrected chi connectivity index (χ1v) is 5.62. The van der Waals surface area contributed by atoms with Gasteiger partial charge in [-0.1, -0.05) is 23.9 Å². The molecule has 1 atom stereocenters. The fourth-order valence-electron chi connectivity index (χ4n) is 1.39. The highest BCUT2D eigenvalue weighted by Gasteiger charge is 2.25. The van der Waals surface area contributed by atoms with E-state index in [0.717, 1.165) is 11.8 Å². The van der Waals surface area contributed by atoms with Crippen LogP contribution in [0.2, 0.25) is 0 Å². The number of nitrogens with zero attached hydrogens (tertiary/aromatic N) is 3. The maximum absolute atomic E-state index is 13.6. The molecular weight excluding hydrogens is 237 g/mol. The Labute approximate surface area is 102 Å². The van der Waals surface area contributed by atoms with E-state index in [4.69, 9.17) is 10.5 Å². The predicted molar refractivity (Wildman–Crippen MR) is 63.9 cm³/mol. The Morgan fingerprint density at radius 3 is 2.59 bits per heavy atom. The van der Waals surface area contributed by atoms with Gasteiger partial charge in [-0.25, -0.2) is 9.38 Å². The van der Waals surface area contributed by atoms with Crippen LogP contribution in [0.15, 0.2) is 40.4 Å². The van der Waals surface area contributed by atoms with Crippen LogP contribution in [-0.2, 0) is 0 Å². The van der Waals surface area contributed by atoms with Crippen LogP contribution in [0.5, 0.6) is 0 Å². The van der Waals surface area contributed by atoms with Gasteiger partial charge in [-0.3, -0.25) is 0 Å². The van der Waals surface area contributed by atoms with E-state index in [1.807, 2.05) is 12.1 Å². The molecule has 0 saturated carbocycles. The van der Waals surface area contributed by atoms with Gasteiger partial charge >= 0.3 is 0 Å². The van der Waals surface area contributed by atoms with Crippen molar-refractivity contribution in [2.75, 3.05) is 0 Å². The molecule has 0 bridgehead atoms. The lowest BCUT2D eigenvalue weighted by molar-refractivity contribution is 0.546. The number of halogens is 1. The highest BCUT2D eigenvalue weighted by Crippen LogP contribution is 2.34. The van der Waals surface area contributed by atoms with E-state index in [0.29, 0.717) is 21.9 Å². The lowest BCUT2D eigenvalue weighted by atomic mass is 10.1. The average molecular weight is 243 g/mol. The Hall–Kier alpha value is -2.11. The third-order valence-corrected chi connectivity index (χ3v) is 3.05. The van der Waals surface area contributed by atoms with E-state index >= 15 is 0 Å². The minimum absolute atomic E-state index is 0.293. The number of benzene rings is 1. The monoisotopic (exact) mass is 243 g/mol. The van der Waals surface area contributed by atoms with Crippen molar-refractivity contribution in [3.63, 3.8) is 0 Å². The average Bonchev–Trinajstić information content (AvgIpc) is 2.71. The predicted octanol–water partition coefficient (Wildman–Crippen LogP) is 2.75. The van der Waals surface area contributed by atoms with Gasteiger partial charge < -0.3 is 0 Å². The Kier molecular flexibility index (Phi) is 3.22. The van der Waals surface area contributed by atoms with Gasteiger partial charge in [-0.15, -0.1) is 0 Å². The molecule has 1 aliphatic rings. The van der Waals surface area contributed by atoms with Crippen molar-refractivity contribution in [1.82, 2.24) is 0 Å². The second-order valence-corrected chi connectivity index (χ2v) is 4.30. The molecular formula is C12H6FN3S. The Bertz CT molecular complexity index is 575. The molecule has 0 aromatic heterocycles. The number of allylic oxidation sites excluding steroid dienone is 1. The smallest absolute Gasteiger partial charge is 0.194 e. The number of alkyl halides is 1. The van der Waals surface area contributed by atoms with Gasteiger partial charge in [0.25, 0.3) is 0 Å². The molecule has 1 unspecified atom stereocenters. The molecule has 3 nitrogen and oxygen atoms in total. The van der Waals surface area contributed by atoms with Crippen LogP contribution in [0.1, 0.15) is 11.1 Å². The Morgan fingerprint density at radius 2 is 2.00 bits per heavy atom. The van der Waals surface area contributed by atoms with Crippen LogP contribution in [0, 0.1) is 22.7 Å². The Morgan fingerprint density at radius 1 is 1.29 bits per heavy atom. The fraction of sp³-hybridized carbons (Fsp3) is 0.0833. The lowest BCUT2D eigenvalue weighted by Gasteiger charge is -2.02. The first-order valence-electron chi connectivity index (χ1n) is 4.74. The van der Waals surface area contributed by atoms with Gasteiger partial charge in [-0.2, -0.15) is 10.5 Å². The van der Waals surface area contributed by atoms with Crippen molar-refractivity contribution in [2.45, 2.75) is 5.50 Å². The summed E-state index contributed by atoms with van der Waals surface area (Å²) in [4.78, 5) is 4.04. The zero-order valence-electron chi connectivity index (χ0n) is 8.59. The van der Waals surface area contributed by atoms with Crippen molar-refractivity contribution < 1.29 is 4.39 Å². The molecule has 0 saturated heterocycles. The Balaban J connectivity index is 2.34. The van der Waals surface area contributed by atoms with Crippen LogP contribution >= 0.6 is 11.8 Å². The number of hydrogen-bond donors (Lipinski definition) is 0. The van der Waals surface area contributed by atoms with Crippen LogP contribution < -0.4 is 0 Å². The summed E-state index contributed by atoms with van der Waals surface area (Å²) in [7, 11) is 0. The van der Waals surface area contributed by atoms with E-state index < -0.39 is 5.50 Å². The summed E-state index contributed by atoms with van der Waals surface area (Å²) in [6.45, 7) is 0. The molecule has 1 heterocycles. The third kappa shape index (κ3) is 2.35. The summed E-state index contributed by atoms with van der Waals surface area (Å²) in [5.74, 6) is 0. The fourth-order valence-corrected chi connectivity index (χ4v) is 2.17. The summed E-state index contributed by atoms with van der Waals surface area (Å²) in [6.07, 6.45) is 1.22. The zero-order chi connectivity index (χ0) is 12.3. The summed E-state index contributed by atoms with van der Waals surface area (Å²) in [5, 5.41) is 17.5. The van der Waals surface area contributed by atoms with Crippen molar-refractivity contribution in [1.29, 1.82) is 10.5 Å². The van der Waals surface area contributed by atoms with Gasteiger partial charge in [0.1, 0.15) is 5.03 Å². The second-order valence-electron chi connectivity index (χ2n) is 3.23. The van der Waals surface area contributed by atoms with Crippen molar-refractivity contribution in [2.24, 2.45) is 4.99 Å². The molecule has 0 radical (unpaired) electrons. The normalized spacial score (nSPS) is 20.8. The molecule has 1 aromatic carbocycles. The molecule has 82 valence electrons. The minimum Gasteiger partial charge on any atom is -0.241 e. The largest absolute Gasteiger partial charge is 0.241 e. The molecule has 5 heteroatoms. The standard InChI is InChI=1S/C12H6FN3S/c13-12-11(16-10(17-12)5-6-14)9-3-1-8(7-15)2-4-9/h1-5,12H/b10-5-. The highest BCUT2D eigenvalue weighted by molar-refractivity contribution is 8.04. The number of rotatable bonds is 1. The van der Waals surface area contributed by atoms with Crippen LogP contribution in [0.4, 0.5) is 4.39 Å². The van der Waals surface area contributed by atoms with Gasteiger partial charge in [0.05, 0.1) is 23.4 Å². The van der Waals surface area contributed by atoms with Crippen molar-refractivity contribution in [3.8, 4) is 12.1 Å². The topological polar surface area (TPSA) is 59.9 Å². The van der Waals surface area contributed by atoms with Crippen LogP contribution in [-0.4, -0.2) is 11.2 Å². The molecule has 1 aliphatic heterocycles. The van der Waals surface area contributed by atoms with E-state index in [9.17, 15) is 4.39 Å². The molecule has 0 spiro atoms. The number of nitriles is 2. The van der Waals surface area contributed by atoms with Gasteiger partial charge in [-0.05, 0) is 12.1 Å². The summed E-state index contributed by atoms with van der Waals surface area (Å²) < 4.78 is 13.6. The summed E-state index contributed by atoms with van der Waals surface area (Å²) >= 11 is 0.906. The summed E-state index contributed by atoms with van der Waals surface area (Å²) in [6, 6.07) is 10.3. The van der Waals surface area contributed by atoms with Crippen LogP contribution in [0.3, 0.4) is 0 Å². The highest BCUT2D eigenvalue weighted by atomic mass is 32.2. The summed E-state index contributed by atoms with van der Waals surface area (Å²) in [5.41, 5.74) is 0.178. The number of hydrogen-bond acceptors (Lipinski definition) is 4. The van der Waals surface area contributed by atoms with Crippen molar-refractivity contribution >= 4 is 17.5 Å². The minimum atomic E-state index is -1.26. The maximum Gasteiger partial charge on any atom is 0.194 e. The molecule has 0 fully saturated rings. The van der Waals surface area contributed by atoms with Gasteiger partial charge in [0.2, 0.25) is 0 Å².